The second-order valence-electron chi connectivity index (χ2n) is 12.0. The summed E-state index contributed by atoms with van der Waals surface area (Å²) >= 11 is 0. The molecule has 1 amide bonds. The van der Waals surface area contributed by atoms with Crippen LogP contribution in [0.3, 0.4) is 0 Å². The first kappa shape index (κ1) is 37.2. The van der Waals surface area contributed by atoms with Gasteiger partial charge in [0.1, 0.15) is 16.9 Å². The van der Waals surface area contributed by atoms with Crippen LogP contribution >= 0.6 is 8.53 Å². The molecule has 2 rings (SSSR count). The van der Waals surface area contributed by atoms with Crippen LogP contribution in [0.1, 0.15) is 92.6 Å². The number of carbonyl (C=O) groups excluding carboxylic acids is 2. The molecule has 0 aliphatic rings. The molecule has 1 N–H and O–H groups in total. The molecule has 0 saturated heterocycles. The van der Waals surface area contributed by atoms with Crippen LogP contribution in [0.4, 0.5) is 4.79 Å². The zero-order valence-corrected chi connectivity index (χ0v) is 28.0. The van der Waals surface area contributed by atoms with Crippen LogP contribution in [-0.4, -0.2) is 54.2 Å². The molecule has 1 atom stereocenters. The van der Waals surface area contributed by atoms with Gasteiger partial charge in [0.25, 0.3) is 8.53 Å². The number of benzene rings is 1. The lowest BCUT2D eigenvalue weighted by Crippen LogP contribution is -2.33. The molecule has 0 spiro atoms. The van der Waals surface area contributed by atoms with E-state index in [1.54, 1.807) is 32.9 Å². The highest BCUT2D eigenvalue weighted by atomic mass is 31.2. The van der Waals surface area contributed by atoms with Gasteiger partial charge in [0, 0.05) is 42.6 Å². The monoisotopic (exact) mass is 633 g/mol. The molecule has 1 unspecified atom stereocenters. The Labute approximate surface area is 262 Å². The maximum Gasteiger partial charge on any atom is 0.514 e. The van der Waals surface area contributed by atoms with Gasteiger partial charge in [0.2, 0.25) is 5.91 Å². The van der Waals surface area contributed by atoms with Crippen molar-refractivity contribution in [3.63, 3.8) is 0 Å². The molecule has 1 heterocycles. The van der Waals surface area contributed by atoms with Gasteiger partial charge in [0.05, 0.1) is 25.7 Å². The molecule has 0 aliphatic heterocycles. The summed E-state index contributed by atoms with van der Waals surface area (Å²) in [6.45, 7) is 15.1. The van der Waals surface area contributed by atoms with Crippen molar-refractivity contribution in [3.05, 3.63) is 40.2 Å². The molecule has 44 heavy (non-hydrogen) atoms. The van der Waals surface area contributed by atoms with Crippen molar-refractivity contribution in [2.24, 2.45) is 0 Å². The summed E-state index contributed by atoms with van der Waals surface area (Å²) in [5.41, 5.74) is -0.304. The smallest absolute Gasteiger partial charge is 0.428 e. The Morgan fingerprint density at radius 1 is 1.02 bits per heavy atom. The Morgan fingerprint density at radius 2 is 1.70 bits per heavy atom. The third-order valence-electron chi connectivity index (χ3n) is 6.27. The van der Waals surface area contributed by atoms with Gasteiger partial charge in [-0.05, 0) is 85.4 Å². The summed E-state index contributed by atoms with van der Waals surface area (Å²) in [6, 6.07) is 8.77. The molecule has 244 valence electrons. The van der Waals surface area contributed by atoms with Gasteiger partial charge in [-0.25, -0.2) is 14.3 Å². The molecule has 2 aromatic rings. The second kappa shape index (κ2) is 18.7. The minimum absolute atomic E-state index is 0.0952. The van der Waals surface area contributed by atoms with Crippen molar-refractivity contribution in [1.82, 2.24) is 9.99 Å². The summed E-state index contributed by atoms with van der Waals surface area (Å²) in [5, 5.41) is 12.5. The van der Waals surface area contributed by atoms with Gasteiger partial charge in [-0.1, -0.05) is 12.8 Å². The number of rotatable bonds is 18. The lowest BCUT2D eigenvalue weighted by Gasteiger charge is -2.35. The lowest BCUT2D eigenvalue weighted by atomic mass is 10.0. The largest absolute Gasteiger partial charge is 0.514 e. The van der Waals surface area contributed by atoms with Gasteiger partial charge in [-0.3, -0.25) is 4.79 Å². The number of nitrogens with one attached hydrogen (secondary N) is 1. The van der Waals surface area contributed by atoms with Crippen LogP contribution < -0.4 is 15.7 Å². The Hall–Kier alpha value is -3.03. The van der Waals surface area contributed by atoms with E-state index in [4.69, 9.17) is 28.2 Å². The molecule has 12 heteroatoms. The number of hydrogen-bond acceptors (Lipinski definition) is 10. The van der Waals surface area contributed by atoms with Crippen LogP contribution in [0.25, 0.3) is 11.0 Å². The van der Waals surface area contributed by atoms with E-state index in [1.807, 2.05) is 0 Å². The van der Waals surface area contributed by atoms with E-state index >= 15 is 0 Å². The summed E-state index contributed by atoms with van der Waals surface area (Å²) in [7, 11) is -1.22. The number of nitrogens with zero attached hydrogens (tertiary/aromatic N) is 2. The maximum absolute atomic E-state index is 12.5. The third kappa shape index (κ3) is 13.7. The number of hydrogen-bond donors (Lipinski definition) is 1. The van der Waals surface area contributed by atoms with Crippen molar-refractivity contribution in [1.29, 1.82) is 5.26 Å². The highest BCUT2D eigenvalue weighted by Gasteiger charge is 2.27. The van der Waals surface area contributed by atoms with Gasteiger partial charge < -0.3 is 28.3 Å². The SMILES string of the molecule is CC(C)N(C(C)C)P(OCCC#N)OCCCCCCNC(=O)CCc1cc(=O)oc2cc(OC(=O)OC(C)(C)C)ccc12. The van der Waals surface area contributed by atoms with E-state index in [1.165, 1.54) is 12.1 Å². The van der Waals surface area contributed by atoms with Gasteiger partial charge in [0.15, 0.2) is 0 Å². The number of amides is 1. The Morgan fingerprint density at radius 3 is 2.36 bits per heavy atom. The average molecular weight is 634 g/mol. The summed E-state index contributed by atoms with van der Waals surface area (Å²) in [5.74, 6) is 0.0939. The highest BCUT2D eigenvalue weighted by Crippen LogP contribution is 2.46. The van der Waals surface area contributed by atoms with E-state index in [0.29, 0.717) is 43.5 Å². The van der Waals surface area contributed by atoms with Crippen molar-refractivity contribution >= 4 is 31.6 Å². The van der Waals surface area contributed by atoms with Crippen LogP contribution in [0.15, 0.2) is 33.5 Å². The minimum atomic E-state index is -1.22. The maximum atomic E-state index is 12.5. The highest BCUT2D eigenvalue weighted by molar-refractivity contribution is 7.44. The Balaban J connectivity index is 1.75. The predicted molar refractivity (Wildman–Crippen MR) is 170 cm³/mol. The van der Waals surface area contributed by atoms with Crippen molar-refractivity contribution < 1.29 is 32.5 Å². The van der Waals surface area contributed by atoms with Crippen LogP contribution in [0, 0.1) is 11.3 Å². The first-order valence-electron chi connectivity index (χ1n) is 15.3. The number of nitriles is 1. The molecule has 11 nitrogen and oxygen atoms in total. The molecule has 0 bridgehead atoms. The fraction of sp³-hybridized carbons (Fsp3) is 0.625. The van der Waals surface area contributed by atoms with Gasteiger partial charge in [-0.15, -0.1) is 0 Å². The predicted octanol–water partition coefficient (Wildman–Crippen LogP) is 7.01. The number of aryl methyl sites for hydroxylation is 1. The quantitative estimate of drug-likeness (QED) is 0.0599. The Kier molecular flexibility index (Phi) is 15.8. The van der Waals surface area contributed by atoms with Crippen LogP contribution in [-0.2, 0) is 25.0 Å². The average Bonchev–Trinajstić information content (AvgIpc) is 2.91. The Bertz CT molecular complexity index is 1290. The second-order valence-corrected chi connectivity index (χ2v) is 13.4. The lowest BCUT2D eigenvalue weighted by molar-refractivity contribution is -0.121. The molecule has 1 aromatic heterocycles. The van der Waals surface area contributed by atoms with E-state index in [2.05, 4.69) is 43.8 Å². The molecule has 0 fully saturated rings. The zero-order chi connectivity index (χ0) is 32.7. The normalized spacial score (nSPS) is 12.5. The van der Waals surface area contributed by atoms with E-state index < -0.39 is 25.9 Å². The molecule has 0 radical (unpaired) electrons. The summed E-state index contributed by atoms with van der Waals surface area (Å²) in [6.07, 6.45) is 3.71. The fourth-order valence-electron chi connectivity index (χ4n) is 4.45. The molecule has 0 aliphatic carbocycles. The first-order chi connectivity index (χ1) is 20.8. The molecule has 0 saturated carbocycles. The molecular formula is C32H48N3O8P. The topological polar surface area (TPSA) is 140 Å². The van der Waals surface area contributed by atoms with Crippen molar-refractivity contribution in [3.8, 4) is 11.8 Å². The number of unbranched alkanes of at least 4 members (excludes halogenated alkanes) is 3. The minimum Gasteiger partial charge on any atom is -0.428 e. The summed E-state index contributed by atoms with van der Waals surface area (Å²) in [4.78, 5) is 36.6. The van der Waals surface area contributed by atoms with Gasteiger partial charge in [-0.2, -0.15) is 5.26 Å². The number of ether oxygens (including phenoxy) is 2. The zero-order valence-electron chi connectivity index (χ0n) is 27.1. The standard InChI is InChI=1S/C32H48N3O8P/c1-23(2)35(24(3)4)44(40-20-12-17-33)39-19-11-9-8-10-18-34-29(36)16-13-25-21-30(37)42-28-22-26(14-15-27(25)28)41-31(38)43-32(5,6)7/h14-15,21-24H,8-13,16,18-20H2,1-7H3,(H,34,36). The number of carbonyl (C=O) groups is 2. The van der Waals surface area contributed by atoms with Crippen molar-refractivity contribution in [2.45, 2.75) is 111 Å². The van der Waals surface area contributed by atoms with E-state index in [9.17, 15) is 14.4 Å². The van der Waals surface area contributed by atoms with E-state index in [0.717, 1.165) is 25.7 Å². The van der Waals surface area contributed by atoms with Crippen LogP contribution in [0.5, 0.6) is 5.75 Å². The first-order valence-corrected chi connectivity index (χ1v) is 16.4. The van der Waals surface area contributed by atoms with Gasteiger partial charge >= 0.3 is 11.8 Å². The fourth-order valence-corrected chi connectivity index (χ4v) is 6.08. The third-order valence-corrected chi connectivity index (χ3v) is 8.38. The summed E-state index contributed by atoms with van der Waals surface area (Å²) < 4.78 is 29.9. The number of fused-ring (bicyclic) bond motifs is 1. The van der Waals surface area contributed by atoms with Crippen LogP contribution in [0.2, 0.25) is 0 Å². The van der Waals surface area contributed by atoms with E-state index in [-0.39, 0.29) is 35.7 Å². The van der Waals surface area contributed by atoms with Crippen molar-refractivity contribution in [2.75, 3.05) is 19.8 Å². The molecule has 1 aromatic carbocycles. The molecular weight excluding hydrogens is 585 g/mol.